The standard InChI is InChI=1S/C19H27N3O2.C2HF3O2/c1-4-13(2)17(21-14(3)19(20)24)9-10-18(23)22-11-15-7-5-6-8-16(15)12-22;3-2(4,5)1(6)7/h5-10,13-14,17,21H,4,11-12H2,1-3H3,(H2,20,24);(H,6,7)/b10-9+;/t13-,14-,17+;/m0./s1. The molecule has 1 aromatic carbocycles. The normalized spacial score (nSPS) is 16.1. The SMILES string of the molecule is CC[C@H](C)[C@@H](/C=C/C(=O)N1Cc2ccccc2C1)N[C@@H](C)C(N)=O.O=C(O)C(F)(F)F. The number of amides is 2. The molecule has 0 radical (unpaired) electrons. The number of primary amides is 1. The lowest BCUT2D eigenvalue weighted by Gasteiger charge is -2.24. The van der Waals surface area contributed by atoms with Crippen molar-refractivity contribution in [3.8, 4) is 0 Å². The van der Waals surface area contributed by atoms with Crippen LogP contribution < -0.4 is 11.1 Å². The summed E-state index contributed by atoms with van der Waals surface area (Å²) in [6.45, 7) is 7.22. The monoisotopic (exact) mass is 443 g/mol. The van der Waals surface area contributed by atoms with Crippen LogP contribution in [0.5, 0.6) is 0 Å². The maximum absolute atomic E-state index is 12.5. The van der Waals surface area contributed by atoms with Crippen molar-refractivity contribution in [1.82, 2.24) is 10.2 Å². The van der Waals surface area contributed by atoms with E-state index in [0.717, 1.165) is 6.42 Å². The molecule has 0 saturated heterocycles. The van der Waals surface area contributed by atoms with Crippen molar-refractivity contribution in [2.75, 3.05) is 0 Å². The molecule has 0 saturated carbocycles. The number of benzene rings is 1. The van der Waals surface area contributed by atoms with E-state index in [0.29, 0.717) is 19.0 Å². The minimum atomic E-state index is -5.08. The minimum absolute atomic E-state index is 0.00645. The molecule has 1 aliphatic heterocycles. The third kappa shape index (κ3) is 8.41. The highest BCUT2D eigenvalue weighted by atomic mass is 19.4. The summed E-state index contributed by atoms with van der Waals surface area (Å²) >= 11 is 0. The number of carboxylic acids is 1. The zero-order chi connectivity index (χ0) is 23.8. The van der Waals surface area contributed by atoms with Crippen molar-refractivity contribution in [2.45, 2.75) is 58.5 Å². The number of halogens is 3. The van der Waals surface area contributed by atoms with E-state index in [1.807, 2.05) is 23.1 Å². The molecular weight excluding hydrogens is 415 g/mol. The number of rotatable bonds is 7. The topological polar surface area (TPSA) is 113 Å². The molecule has 2 amide bonds. The number of hydrogen-bond acceptors (Lipinski definition) is 4. The highest BCUT2D eigenvalue weighted by Crippen LogP contribution is 2.22. The molecule has 2 rings (SSSR count). The highest BCUT2D eigenvalue weighted by Gasteiger charge is 2.38. The van der Waals surface area contributed by atoms with Gasteiger partial charge >= 0.3 is 12.1 Å². The van der Waals surface area contributed by atoms with Gasteiger partial charge in [-0.2, -0.15) is 13.2 Å². The second-order valence-electron chi connectivity index (χ2n) is 7.33. The van der Waals surface area contributed by atoms with Gasteiger partial charge in [0.15, 0.2) is 0 Å². The number of hydrogen-bond donors (Lipinski definition) is 3. The number of aliphatic carboxylic acids is 1. The Morgan fingerprint density at radius 3 is 2.06 bits per heavy atom. The number of fused-ring (bicyclic) bond motifs is 1. The largest absolute Gasteiger partial charge is 0.490 e. The zero-order valence-electron chi connectivity index (χ0n) is 17.6. The first-order valence-electron chi connectivity index (χ1n) is 9.76. The molecule has 0 aromatic heterocycles. The van der Waals surface area contributed by atoms with Gasteiger partial charge in [0, 0.05) is 25.2 Å². The number of alkyl halides is 3. The van der Waals surface area contributed by atoms with Gasteiger partial charge in [-0.25, -0.2) is 4.79 Å². The van der Waals surface area contributed by atoms with Crippen molar-refractivity contribution in [3.05, 3.63) is 47.5 Å². The summed E-state index contributed by atoms with van der Waals surface area (Å²) < 4.78 is 31.7. The Hall–Kier alpha value is -2.88. The van der Waals surface area contributed by atoms with Gasteiger partial charge in [0.25, 0.3) is 0 Å². The Bertz CT molecular complexity index is 786. The third-order valence-electron chi connectivity index (χ3n) is 4.97. The van der Waals surface area contributed by atoms with Crippen LogP contribution in [0.25, 0.3) is 0 Å². The number of carbonyl (C=O) groups is 3. The van der Waals surface area contributed by atoms with Crippen LogP contribution in [0, 0.1) is 5.92 Å². The molecule has 7 nitrogen and oxygen atoms in total. The molecule has 0 bridgehead atoms. The average molecular weight is 443 g/mol. The minimum Gasteiger partial charge on any atom is -0.475 e. The van der Waals surface area contributed by atoms with Crippen molar-refractivity contribution < 1.29 is 32.7 Å². The van der Waals surface area contributed by atoms with Gasteiger partial charge in [-0.15, -0.1) is 0 Å². The zero-order valence-corrected chi connectivity index (χ0v) is 17.6. The van der Waals surface area contributed by atoms with Crippen LogP contribution in [-0.4, -0.2) is 46.1 Å². The molecule has 0 spiro atoms. The van der Waals surface area contributed by atoms with Crippen LogP contribution in [0.1, 0.15) is 38.3 Å². The fourth-order valence-corrected chi connectivity index (χ4v) is 2.81. The summed E-state index contributed by atoms with van der Waals surface area (Å²) in [5.74, 6) is -2.86. The highest BCUT2D eigenvalue weighted by molar-refractivity contribution is 5.88. The Morgan fingerprint density at radius 2 is 1.68 bits per heavy atom. The molecule has 1 aliphatic rings. The average Bonchev–Trinajstić information content (AvgIpc) is 3.14. The predicted octanol–water partition coefficient (Wildman–Crippen LogP) is 2.60. The lowest BCUT2D eigenvalue weighted by Crippen LogP contribution is -2.46. The van der Waals surface area contributed by atoms with Crippen LogP contribution in [0.3, 0.4) is 0 Å². The van der Waals surface area contributed by atoms with E-state index >= 15 is 0 Å². The maximum atomic E-state index is 12.5. The first-order valence-corrected chi connectivity index (χ1v) is 9.76. The maximum Gasteiger partial charge on any atom is 0.490 e. The van der Waals surface area contributed by atoms with E-state index in [-0.39, 0.29) is 11.9 Å². The number of nitrogens with two attached hydrogens (primary N) is 1. The Morgan fingerprint density at radius 1 is 1.19 bits per heavy atom. The van der Waals surface area contributed by atoms with Crippen LogP contribution >= 0.6 is 0 Å². The summed E-state index contributed by atoms with van der Waals surface area (Å²) in [6.07, 6.45) is -0.667. The summed E-state index contributed by atoms with van der Waals surface area (Å²) in [5.41, 5.74) is 7.74. The van der Waals surface area contributed by atoms with E-state index in [4.69, 9.17) is 15.6 Å². The number of nitrogens with zero attached hydrogens (tertiary/aromatic N) is 1. The number of nitrogens with one attached hydrogen (secondary N) is 1. The van der Waals surface area contributed by atoms with E-state index in [1.54, 1.807) is 13.0 Å². The first kappa shape index (κ1) is 26.2. The van der Waals surface area contributed by atoms with Crippen molar-refractivity contribution >= 4 is 17.8 Å². The third-order valence-corrected chi connectivity index (χ3v) is 4.97. The summed E-state index contributed by atoms with van der Waals surface area (Å²) in [7, 11) is 0. The van der Waals surface area contributed by atoms with Crippen LogP contribution in [-0.2, 0) is 27.5 Å². The molecule has 1 aromatic rings. The van der Waals surface area contributed by atoms with E-state index in [9.17, 15) is 22.8 Å². The molecular formula is C21H28F3N3O4. The molecule has 0 aliphatic carbocycles. The van der Waals surface area contributed by atoms with Gasteiger partial charge in [-0.3, -0.25) is 14.9 Å². The summed E-state index contributed by atoms with van der Waals surface area (Å²) in [6, 6.07) is 7.62. The fraction of sp³-hybridized carbons (Fsp3) is 0.476. The molecule has 4 N–H and O–H groups in total. The second kappa shape index (κ2) is 11.5. The number of carbonyl (C=O) groups excluding carboxylic acids is 2. The fourth-order valence-electron chi connectivity index (χ4n) is 2.81. The molecule has 1 heterocycles. The van der Waals surface area contributed by atoms with Gasteiger partial charge in [-0.1, -0.05) is 50.6 Å². The van der Waals surface area contributed by atoms with Gasteiger partial charge in [0.2, 0.25) is 11.8 Å². The molecule has 0 unspecified atom stereocenters. The van der Waals surface area contributed by atoms with Crippen molar-refractivity contribution in [3.63, 3.8) is 0 Å². The van der Waals surface area contributed by atoms with Crippen molar-refractivity contribution in [2.24, 2.45) is 11.7 Å². The molecule has 10 heteroatoms. The van der Waals surface area contributed by atoms with Crippen LogP contribution in [0.15, 0.2) is 36.4 Å². The Kier molecular flexibility index (Phi) is 9.70. The Balaban J connectivity index is 0.000000592. The molecule has 172 valence electrons. The van der Waals surface area contributed by atoms with E-state index in [1.165, 1.54) is 11.1 Å². The van der Waals surface area contributed by atoms with Gasteiger partial charge < -0.3 is 15.7 Å². The van der Waals surface area contributed by atoms with Gasteiger partial charge in [-0.05, 0) is 24.0 Å². The first-order chi connectivity index (χ1) is 14.4. The summed E-state index contributed by atoms with van der Waals surface area (Å²) in [4.78, 5) is 34.5. The van der Waals surface area contributed by atoms with E-state index < -0.39 is 24.1 Å². The molecule has 3 atom stereocenters. The molecule has 0 fully saturated rings. The predicted molar refractivity (Wildman–Crippen MR) is 109 cm³/mol. The lowest BCUT2D eigenvalue weighted by molar-refractivity contribution is -0.192. The second-order valence-corrected chi connectivity index (χ2v) is 7.33. The van der Waals surface area contributed by atoms with Crippen molar-refractivity contribution in [1.29, 1.82) is 0 Å². The van der Waals surface area contributed by atoms with E-state index in [2.05, 4.69) is 31.3 Å². The van der Waals surface area contributed by atoms with Gasteiger partial charge in [0.05, 0.1) is 6.04 Å². The van der Waals surface area contributed by atoms with Crippen LogP contribution in [0.2, 0.25) is 0 Å². The summed E-state index contributed by atoms with van der Waals surface area (Å²) in [5, 5.41) is 10.3. The Labute approximate surface area is 179 Å². The smallest absolute Gasteiger partial charge is 0.475 e. The lowest BCUT2D eigenvalue weighted by atomic mass is 9.97. The number of carboxylic acid groups (broad SMARTS) is 1. The quantitative estimate of drug-likeness (QED) is 0.561. The van der Waals surface area contributed by atoms with Gasteiger partial charge in [0.1, 0.15) is 0 Å². The molecule has 31 heavy (non-hydrogen) atoms. The van der Waals surface area contributed by atoms with Crippen LogP contribution in [0.4, 0.5) is 13.2 Å².